The molecular formula is C16H17N5O3S. The van der Waals surface area contributed by atoms with E-state index < -0.39 is 0 Å². The molecule has 1 aromatic carbocycles. The van der Waals surface area contributed by atoms with E-state index in [2.05, 4.69) is 20.6 Å². The number of carbonyl (C=O) groups excluding carboxylic acids is 1. The number of benzene rings is 1. The summed E-state index contributed by atoms with van der Waals surface area (Å²) in [5.74, 6) is 0.947. The molecule has 0 unspecified atom stereocenters. The molecule has 130 valence electrons. The van der Waals surface area contributed by atoms with E-state index in [1.54, 1.807) is 30.1 Å². The summed E-state index contributed by atoms with van der Waals surface area (Å²) < 4.78 is 12.5. The molecular weight excluding hydrogens is 342 g/mol. The first kappa shape index (κ1) is 17.0. The fraction of sp³-hybridized carbons (Fsp3) is 0.250. The first-order chi connectivity index (χ1) is 12.2. The van der Waals surface area contributed by atoms with Crippen LogP contribution in [0.1, 0.15) is 6.92 Å². The minimum absolute atomic E-state index is 0.147. The topological polar surface area (TPSA) is 95.1 Å². The molecule has 1 N–H and O–H groups in total. The molecule has 0 atom stereocenters. The molecule has 8 nitrogen and oxygen atoms in total. The number of nitrogens with zero attached hydrogens (tertiary/aromatic N) is 4. The summed E-state index contributed by atoms with van der Waals surface area (Å²) in [4.78, 5) is 12.1. The van der Waals surface area contributed by atoms with Crippen molar-refractivity contribution >= 4 is 23.4 Å². The molecule has 0 saturated heterocycles. The normalized spacial score (nSPS) is 10.6. The first-order valence-electron chi connectivity index (χ1n) is 7.61. The van der Waals surface area contributed by atoms with E-state index in [9.17, 15) is 4.79 Å². The van der Waals surface area contributed by atoms with Crippen LogP contribution in [0, 0.1) is 0 Å². The van der Waals surface area contributed by atoms with Crippen molar-refractivity contribution in [3.8, 4) is 17.2 Å². The van der Waals surface area contributed by atoms with Gasteiger partial charge in [-0.25, -0.2) is 0 Å². The van der Waals surface area contributed by atoms with Crippen LogP contribution in [-0.4, -0.2) is 38.7 Å². The molecule has 1 amide bonds. The Hall–Kier alpha value is -2.81. The lowest BCUT2D eigenvalue weighted by molar-refractivity contribution is -0.113. The second-order valence-corrected chi connectivity index (χ2v) is 5.92. The van der Waals surface area contributed by atoms with Crippen molar-refractivity contribution < 1.29 is 13.9 Å². The number of hydrogen-bond donors (Lipinski definition) is 1. The number of carbonyl (C=O) groups is 1. The second kappa shape index (κ2) is 7.84. The minimum Gasteiger partial charge on any atom is -0.495 e. The SMILES string of the molecule is CCn1cc(-c2nnc(SCC(=O)Nc3ccccc3OC)o2)cn1. The number of ether oxygens (including phenoxy) is 1. The van der Waals surface area contributed by atoms with Gasteiger partial charge in [0.05, 0.1) is 30.3 Å². The number of anilines is 1. The molecule has 0 saturated carbocycles. The van der Waals surface area contributed by atoms with Crippen molar-refractivity contribution in [2.45, 2.75) is 18.7 Å². The number of methoxy groups -OCH3 is 1. The summed E-state index contributed by atoms with van der Waals surface area (Å²) in [7, 11) is 1.56. The van der Waals surface area contributed by atoms with Crippen LogP contribution in [0.2, 0.25) is 0 Å². The molecule has 3 aromatic rings. The number of amides is 1. The number of rotatable bonds is 7. The number of thioether (sulfide) groups is 1. The van der Waals surface area contributed by atoms with E-state index in [1.165, 1.54) is 11.8 Å². The Balaban J connectivity index is 1.57. The van der Waals surface area contributed by atoms with E-state index in [1.807, 2.05) is 25.3 Å². The first-order valence-corrected chi connectivity index (χ1v) is 8.60. The van der Waals surface area contributed by atoms with Gasteiger partial charge in [0.25, 0.3) is 11.1 Å². The summed E-state index contributed by atoms with van der Waals surface area (Å²) in [5, 5.41) is 15.2. The Morgan fingerprint density at radius 2 is 2.20 bits per heavy atom. The number of nitrogens with one attached hydrogen (secondary N) is 1. The molecule has 0 aliphatic heterocycles. The van der Waals surface area contributed by atoms with Gasteiger partial charge in [0.1, 0.15) is 5.75 Å². The quantitative estimate of drug-likeness (QED) is 0.648. The smallest absolute Gasteiger partial charge is 0.277 e. The van der Waals surface area contributed by atoms with Crippen molar-refractivity contribution in [3.63, 3.8) is 0 Å². The Labute approximate surface area is 148 Å². The predicted octanol–water partition coefficient (Wildman–Crippen LogP) is 2.69. The minimum atomic E-state index is -0.187. The van der Waals surface area contributed by atoms with Crippen molar-refractivity contribution in [1.29, 1.82) is 0 Å². The van der Waals surface area contributed by atoms with E-state index in [-0.39, 0.29) is 11.7 Å². The van der Waals surface area contributed by atoms with E-state index in [0.717, 1.165) is 12.1 Å². The molecule has 2 heterocycles. The average Bonchev–Trinajstić information content (AvgIpc) is 3.29. The second-order valence-electron chi connectivity index (χ2n) is 4.99. The third-order valence-corrected chi connectivity index (χ3v) is 4.14. The van der Waals surface area contributed by atoms with E-state index in [4.69, 9.17) is 9.15 Å². The van der Waals surface area contributed by atoms with Crippen molar-refractivity contribution in [1.82, 2.24) is 20.0 Å². The van der Waals surface area contributed by atoms with Gasteiger partial charge in [-0.1, -0.05) is 23.9 Å². The van der Waals surface area contributed by atoms with Crippen LogP contribution in [0.15, 0.2) is 46.3 Å². The highest BCUT2D eigenvalue weighted by Crippen LogP contribution is 2.25. The van der Waals surface area contributed by atoms with Crippen LogP contribution in [0.3, 0.4) is 0 Å². The Bertz CT molecular complexity index is 861. The van der Waals surface area contributed by atoms with Gasteiger partial charge < -0.3 is 14.5 Å². The Kier molecular flexibility index (Phi) is 5.34. The largest absolute Gasteiger partial charge is 0.495 e. The number of para-hydroxylation sites is 2. The van der Waals surface area contributed by atoms with Crippen molar-refractivity contribution in [3.05, 3.63) is 36.7 Å². The van der Waals surface area contributed by atoms with Crippen LogP contribution in [0.5, 0.6) is 5.75 Å². The third-order valence-electron chi connectivity index (χ3n) is 3.32. The van der Waals surface area contributed by atoms with Gasteiger partial charge in [0, 0.05) is 12.7 Å². The molecule has 2 aromatic heterocycles. The maximum Gasteiger partial charge on any atom is 0.277 e. The lowest BCUT2D eigenvalue weighted by Gasteiger charge is -2.08. The summed E-state index contributed by atoms with van der Waals surface area (Å²) in [6.07, 6.45) is 3.50. The summed E-state index contributed by atoms with van der Waals surface area (Å²) in [6.45, 7) is 2.76. The zero-order chi connectivity index (χ0) is 17.6. The van der Waals surface area contributed by atoms with Gasteiger partial charge in [-0.2, -0.15) is 5.10 Å². The maximum absolute atomic E-state index is 12.1. The summed E-state index contributed by atoms with van der Waals surface area (Å²) in [5.41, 5.74) is 1.37. The fourth-order valence-corrected chi connectivity index (χ4v) is 2.66. The molecule has 0 radical (unpaired) electrons. The van der Waals surface area contributed by atoms with Gasteiger partial charge in [0.15, 0.2) is 0 Å². The molecule has 0 aliphatic rings. The van der Waals surface area contributed by atoms with Gasteiger partial charge >= 0.3 is 0 Å². The van der Waals surface area contributed by atoms with Crippen LogP contribution in [-0.2, 0) is 11.3 Å². The number of hydrogen-bond acceptors (Lipinski definition) is 7. The lowest BCUT2D eigenvalue weighted by atomic mass is 10.3. The Morgan fingerprint density at radius 1 is 1.36 bits per heavy atom. The molecule has 3 rings (SSSR count). The number of aromatic nitrogens is 4. The van der Waals surface area contributed by atoms with Crippen LogP contribution >= 0.6 is 11.8 Å². The monoisotopic (exact) mass is 359 g/mol. The highest BCUT2D eigenvalue weighted by Gasteiger charge is 2.13. The van der Waals surface area contributed by atoms with Gasteiger partial charge in [-0.3, -0.25) is 9.48 Å². The van der Waals surface area contributed by atoms with E-state index in [0.29, 0.717) is 22.6 Å². The Morgan fingerprint density at radius 3 is 2.96 bits per heavy atom. The zero-order valence-electron chi connectivity index (χ0n) is 13.8. The zero-order valence-corrected chi connectivity index (χ0v) is 14.6. The summed E-state index contributed by atoms with van der Waals surface area (Å²) in [6, 6.07) is 7.22. The molecule has 0 fully saturated rings. The van der Waals surface area contributed by atoms with Crippen LogP contribution in [0.4, 0.5) is 5.69 Å². The predicted molar refractivity (Wildman–Crippen MR) is 93.5 cm³/mol. The molecule has 0 spiro atoms. The highest BCUT2D eigenvalue weighted by molar-refractivity contribution is 7.99. The summed E-state index contributed by atoms with van der Waals surface area (Å²) >= 11 is 1.17. The van der Waals surface area contributed by atoms with Crippen molar-refractivity contribution in [2.24, 2.45) is 0 Å². The van der Waals surface area contributed by atoms with Gasteiger partial charge in [-0.05, 0) is 19.1 Å². The average molecular weight is 359 g/mol. The van der Waals surface area contributed by atoms with Gasteiger partial charge in [0.2, 0.25) is 5.91 Å². The van der Waals surface area contributed by atoms with Crippen LogP contribution in [0.25, 0.3) is 11.5 Å². The standard InChI is InChI=1S/C16H17N5O3S/c1-3-21-9-11(8-17-21)15-19-20-16(24-15)25-10-14(22)18-12-6-4-5-7-13(12)23-2/h4-9H,3,10H2,1-2H3,(H,18,22). The highest BCUT2D eigenvalue weighted by atomic mass is 32.2. The van der Waals surface area contributed by atoms with E-state index >= 15 is 0 Å². The van der Waals surface area contributed by atoms with Gasteiger partial charge in [-0.15, -0.1) is 10.2 Å². The number of aryl methyl sites for hydroxylation is 1. The molecule has 25 heavy (non-hydrogen) atoms. The lowest BCUT2D eigenvalue weighted by Crippen LogP contribution is -2.14. The van der Waals surface area contributed by atoms with Crippen molar-refractivity contribution in [2.75, 3.05) is 18.2 Å². The molecule has 9 heteroatoms. The molecule has 0 bridgehead atoms. The van der Waals surface area contributed by atoms with Crippen LogP contribution < -0.4 is 10.1 Å². The fourth-order valence-electron chi connectivity index (χ4n) is 2.09. The maximum atomic E-state index is 12.1. The molecule has 0 aliphatic carbocycles. The third kappa shape index (κ3) is 4.18.